The molecule has 1 rings (SSSR count). The third-order valence-corrected chi connectivity index (χ3v) is 2.77. The molecule has 0 aliphatic rings. The van der Waals surface area contributed by atoms with Crippen molar-refractivity contribution in [2.75, 3.05) is 20.6 Å². The Morgan fingerprint density at radius 3 is 2.53 bits per heavy atom. The van der Waals surface area contributed by atoms with Crippen LogP contribution >= 0.6 is 0 Å². The first kappa shape index (κ1) is 13.6. The van der Waals surface area contributed by atoms with Crippen LogP contribution in [0.15, 0.2) is 18.2 Å². The number of hydrogen-bond donors (Lipinski definition) is 2. The van der Waals surface area contributed by atoms with Gasteiger partial charge in [0.1, 0.15) is 5.82 Å². The van der Waals surface area contributed by atoms with Gasteiger partial charge in [-0.25, -0.2) is 4.39 Å². The van der Waals surface area contributed by atoms with Crippen molar-refractivity contribution in [1.82, 2.24) is 4.90 Å². The predicted molar refractivity (Wildman–Crippen MR) is 65.2 cm³/mol. The molecule has 0 aromatic heterocycles. The van der Waals surface area contributed by atoms with Crippen molar-refractivity contribution >= 4 is 5.91 Å². The molecule has 1 aromatic rings. The van der Waals surface area contributed by atoms with Crippen LogP contribution in [0.25, 0.3) is 0 Å². The molecule has 0 heterocycles. The SMILES string of the molecule is CN(C)C(CN)Cc1ccc(C(N)=O)c(F)c1. The molecule has 0 aliphatic heterocycles. The number of nitrogens with two attached hydrogens (primary N) is 2. The van der Waals surface area contributed by atoms with Crippen LogP contribution in [0.4, 0.5) is 4.39 Å². The fraction of sp³-hybridized carbons (Fsp3) is 0.417. The van der Waals surface area contributed by atoms with Gasteiger partial charge in [-0.3, -0.25) is 4.79 Å². The molecule has 17 heavy (non-hydrogen) atoms. The van der Waals surface area contributed by atoms with E-state index in [9.17, 15) is 9.18 Å². The summed E-state index contributed by atoms with van der Waals surface area (Å²) in [5, 5.41) is 0. The van der Waals surface area contributed by atoms with Crippen LogP contribution < -0.4 is 11.5 Å². The standard InChI is InChI=1S/C12H18FN3O/c1-16(2)9(7-14)5-8-3-4-10(12(15)17)11(13)6-8/h3-4,6,9H,5,7,14H2,1-2H3,(H2,15,17). The fourth-order valence-corrected chi connectivity index (χ4v) is 1.63. The van der Waals surface area contributed by atoms with Crippen LogP contribution in [0.1, 0.15) is 15.9 Å². The van der Waals surface area contributed by atoms with Gasteiger partial charge in [0.05, 0.1) is 5.56 Å². The zero-order valence-corrected chi connectivity index (χ0v) is 10.1. The summed E-state index contributed by atoms with van der Waals surface area (Å²) in [4.78, 5) is 12.9. The van der Waals surface area contributed by atoms with Gasteiger partial charge in [0.25, 0.3) is 5.91 Å². The highest BCUT2D eigenvalue weighted by Crippen LogP contribution is 2.12. The minimum Gasteiger partial charge on any atom is -0.366 e. The van der Waals surface area contributed by atoms with E-state index in [1.165, 1.54) is 12.1 Å². The lowest BCUT2D eigenvalue weighted by Gasteiger charge is -2.22. The predicted octanol–water partition coefficient (Wildman–Crippen LogP) is 0.356. The van der Waals surface area contributed by atoms with Gasteiger partial charge >= 0.3 is 0 Å². The van der Waals surface area contributed by atoms with E-state index in [1.807, 2.05) is 19.0 Å². The molecule has 4 N–H and O–H groups in total. The molecule has 4 nitrogen and oxygen atoms in total. The summed E-state index contributed by atoms with van der Waals surface area (Å²) >= 11 is 0. The number of carbonyl (C=O) groups is 1. The Hall–Kier alpha value is -1.46. The number of primary amides is 1. The van der Waals surface area contributed by atoms with E-state index in [0.717, 1.165) is 5.56 Å². The van der Waals surface area contributed by atoms with E-state index in [4.69, 9.17) is 11.5 Å². The van der Waals surface area contributed by atoms with Crippen molar-refractivity contribution in [2.24, 2.45) is 11.5 Å². The molecule has 1 atom stereocenters. The average molecular weight is 239 g/mol. The van der Waals surface area contributed by atoms with Crippen LogP contribution in [0.5, 0.6) is 0 Å². The topological polar surface area (TPSA) is 72.3 Å². The molecule has 94 valence electrons. The molecule has 0 radical (unpaired) electrons. The van der Waals surface area contributed by atoms with Crippen molar-refractivity contribution in [1.29, 1.82) is 0 Å². The highest BCUT2D eigenvalue weighted by Gasteiger charge is 2.13. The maximum atomic E-state index is 13.5. The average Bonchev–Trinajstić information content (AvgIpc) is 2.24. The highest BCUT2D eigenvalue weighted by molar-refractivity contribution is 5.93. The van der Waals surface area contributed by atoms with Gasteiger partial charge < -0.3 is 16.4 Å². The van der Waals surface area contributed by atoms with Crippen molar-refractivity contribution < 1.29 is 9.18 Å². The van der Waals surface area contributed by atoms with Crippen molar-refractivity contribution in [2.45, 2.75) is 12.5 Å². The molecular formula is C12H18FN3O. The summed E-state index contributed by atoms with van der Waals surface area (Å²) in [5.74, 6) is -1.33. The maximum absolute atomic E-state index is 13.5. The van der Waals surface area contributed by atoms with E-state index in [0.29, 0.717) is 13.0 Å². The second-order valence-electron chi connectivity index (χ2n) is 4.24. The summed E-state index contributed by atoms with van der Waals surface area (Å²) in [6, 6.07) is 4.60. The molecule has 0 aliphatic carbocycles. The molecule has 0 spiro atoms. The van der Waals surface area contributed by atoms with Gasteiger partial charge in [-0.2, -0.15) is 0 Å². The Bertz CT molecular complexity index is 407. The molecule has 1 amide bonds. The lowest BCUT2D eigenvalue weighted by atomic mass is 10.0. The number of carbonyl (C=O) groups excluding carboxylic acids is 1. The molecule has 1 unspecified atom stereocenters. The lowest BCUT2D eigenvalue weighted by molar-refractivity contribution is 0.0996. The monoisotopic (exact) mass is 239 g/mol. The summed E-state index contributed by atoms with van der Waals surface area (Å²) in [6.45, 7) is 0.492. The van der Waals surface area contributed by atoms with Gasteiger partial charge in [-0.1, -0.05) is 6.07 Å². The molecule has 0 fully saturated rings. The smallest absolute Gasteiger partial charge is 0.251 e. The van der Waals surface area contributed by atoms with Crippen LogP contribution in [-0.2, 0) is 6.42 Å². The minimum absolute atomic E-state index is 0.0806. The largest absolute Gasteiger partial charge is 0.366 e. The summed E-state index contributed by atoms with van der Waals surface area (Å²) < 4.78 is 13.5. The number of benzene rings is 1. The normalized spacial score (nSPS) is 12.8. The van der Waals surface area contributed by atoms with Crippen LogP contribution in [0.3, 0.4) is 0 Å². The first-order valence-electron chi connectivity index (χ1n) is 5.40. The Morgan fingerprint density at radius 2 is 2.12 bits per heavy atom. The summed E-state index contributed by atoms with van der Waals surface area (Å²) in [6.07, 6.45) is 0.638. The van der Waals surface area contributed by atoms with E-state index in [-0.39, 0.29) is 11.6 Å². The third-order valence-electron chi connectivity index (χ3n) is 2.77. The number of halogens is 1. The number of hydrogen-bond acceptors (Lipinski definition) is 3. The second kappa shape index (κ2) is 5.75. The van der Waals surface area contributed by atoms with Crippen LogP contribution in [-0.4, -0.2) is 37.5 Å². The lowest BCUT2D eigenvalue weighted by Crippen LogP contribution is -2.36. The first-order chi connectivity index (χ1) is 7.95. The van der Waals surface area contributed by atoms with Crippen LogP contribution in [0.2, 0.25) is 0 Å². The molecule has 0 bridgehead atoms. The summed E-state index contributed by atoms with van der Waals surface area (Å²) in [5.41, 5.74) is 11.4. The van der Waals surface area contributed by atoms with Gasteiger partial charge in [-0.15, -0.1) is 0 Å². The van der Waals surface area contributed by atoms with E-state index in [2.05, 4.69) is 0 Å². The Balaban J connectivity index is 2.87. The number of likely N-dealkylation sites (N-methyl/N-ethyl adjacent to an activating group) is 1. The van der Waals surface area contributed by atoms with Crippen molar-refractivity contribution in [3.05, 3.63) is 35.1 Å². The molecular weight excluding hydrogens is 221 g/mol. The molecule has 5 heteroatoms. The molecule has 0 saturated heterocycles. The molecule has 0 saturated carbocycles. The van der Waals surface area contributed by atoms with Gasteiger partial charge in [0, 0.05) is 12.6 Å². The zero-order chi connectivity index (χ0) is 13.0. The number of nitrogens with zero attached hydrogens (tertiary/aromatic N) is 1. The Labute approximate surface area is 100 Å². The number of rotatable bonds is 5. The second-order valence-corrected chi connectivity index (χ2v) is 4.24. The third kappa shape index (κ3) is 3.51. The van der Waals surface area contributed by atoms with E-state index in [1.54, 1.807) is 6.07 Å². The first-order valence-corrected chi connectivity index (χ1v) is 5.40. The highest BCUT2D eigenvalue weighted by atomic mass is 19.1. The van der Waals surface area contributed by atoms with Gasteiger partial charge in [-0.05, 0) is 38.2 Å². The van der Waals surface area contributed by atoms with Gasteiger partial charge in [0.2, 0.25) is 0 Å². The number of amides is 1. The van der Waals surface area contributed by atoms with Crippen molar-refractivity contribution in [3.63, 3.8) is 0 Å². The Morgan fingerprint density at radius 1 is 1.47 bits per heavy atom. The van der Waals surface area contributed by atoms with Gasteiger partial charge in [0.15, 0.2) is 0 Å². The Kier molecular flexibility index (Phi) is 4.60. The fourth-order valence-electron chi connectivity index (χ4n) is 1.63. The van der Waals surface area contributed by atoms with Crippen LogP contribution in [0, 0.1) is 5.82 Å². The van der Waals surface area contributed by atoms with E-state index < -0.39 is 11.7 Å². The zero-order valence-electron chi connectivity index (χ0n) is 10.1. The summed E-state index contributed by atoms with van der Waals surface area (Å²) in [7, 11) is 3.84. The maximum Gasteiger partial charge on any atom is 0.251 e. The quantitative estimate of drug-likeness (QED) is 0.779. The van der Waals surface area contributed by atoms with E-state index >= 15 is 0 Å². The molecule has 1 aromatic carbocycles. The minimum atomic E-state index is -0.753. The van der Waals surface area contributed by atoms with Crippen molar-refractivity contribution in [3.8, 4) is 0 Å².